The molecule has 0 saturated heterocycles. The Morgan fingerprint density at radius 3 is 2.42 bits per heavy atom. The molecule has 8 heteroatoms. The Kier molecular flexibility index (Phi) is 7.08. The molecule has 7 nitrogen and oxygen atoms in total. The minimum Gasteiger partial charge on any atom is -0.368 e. The number of amides is 1. The lowest BCUT2D eigenvalue weighted by molar-refractivity contribution is -0.126. The topological polar surface area (TPSA) is 91.8 Å². The zero-order chi connectivity index (χ0) is 23.3. The molecule has 0 spiro atoms. The zero-order valence-corrected chi connectivity index (χ0v) is 19.7. The van der Waals surface area contributed by atoms with Gasteiger partial charge in [0.25, 0.3) is 0 Å². The summed E-state index contributed by atoms with van der Waals surface area (Å²) in [5, 5.41) is 10.3. The zero-order valence-electron chi connectivity index (χ0n) is 19.0. The van der Waals surface area contributed by atoms with Crippen molar-refractivity contribution in [1.29, 1.82) is 0 Å². The van der Waals surface area contributed by atoms with E-state index in [4.69, 9.17) is 11.6 Å². The number of hydrogen-bond acceptors (Lipinski definition) is 6. The van der Waals surface area contributed by atoms with Crippen LogP contribution in [0.2, 0.25) is 5.02 Å². The number of pyridine rings is 1. The van der Waals surface area contributed by atoms with Crippen molar-refractivity contribution in [3.8, 4) is 0 Å². The lowest BCUT2D eigenvalue weighted by atomic mass is 9.78. The number of nitrogens with zero attached hydrogens (tertiary/aromatic N) is 3. The second kappa shape index (κ2) is 10.2. The maximum atomic E-state index is 13.2. The van der Waals surface area contributed by atoms with E-state index in [0.29, 0.717) is 35.6 Å². The average Bonchev–Trinajstić information content (AvgIpc) is 3.28. The van der Waals surface area contributed by atoms with Crippen LogP contribution in [0.15, 0.2) is 48.7 Å². The summed E-state index contributed by atoms with van der Waals surface area (Å²) in [7, 11) is 0. The summed E-state index contributed by atoms with van der Waals surface area (Å²) < 4.78 is 0. The van der Waals surface area contributed by atoms with Gasteiger partial charge in [-0.05, 0) is 62.1 Å². The van der Waals surface area contributed by atoms with Crippen LogP contribution in [-0.2, 0) is 10.2 Å². The van der Waals surface area contributed by atoms with Crippen LogP contribution >= 0.6 is 11.6 Å². The van der Waals surface area contributed by atoms with Crippen LogP contribution in [0.3, 0.4) is 0 Å². The molecule has 4 rings (SSSR count). The Labute approximate surface area is 199 Å². The smallest absolute Gasteiger partial charge is 0.230 e. The lowest BCUT2D eigenvalue weighted by Crippen LogP contribution is -2.44. The second-order valence-electron chi connectivity index (χ2n) is 8.51. The van der Waals surface area contributed by atoms with E-state index in [1.807, 2.05) is 56.3 Å². The number of carbonyl (C=O) groups is 1. The van der Waals surface area contributed by atoms with Crippen molar-refractivity contribution in [2.24, 2.45) is 0 Å². The Bertz CT molecular complexity index is 1110. The molecular weight excluding hydrogens is 436 g/mol. The molecule has 1 aliphatic carbocycles. The summed E-state index contributed by atoms with van der Waals surface area (Å²) in [5.74, 6) is 2.82. The van der Waals surface area contributed by atoms with E-state index < -0.39 is 5.41 Å². The molecule has 172 valence electrons. The van der Waals surface area contributed by atoms with Gasteiger partial charge >= 0.3 is 0 Å². The largest absolute Gasteiger partial charge is 0.368 e. The molecule has 0 aliphatic heterocycles. The monoisotopic (exact) mass is 464 g/mol. The van der Waals surface area contributed by atoms with E-state index >= 15 is 0 Å². The molecular formula is C25H29ClN6O. The summed E-state index contributed by atoms with van der Waals surface area (Å²) in [6.07, 6.45) is 5.59. The first-order valence-electron chi connectivity index (χ1n) is 11.3. The molecule has 2 aromatic heterocycles. The summed E-state index contributed by atoms with van der Waals surface area (Å²) >= 11 is 6.05. The second-order valence-corrected chi connectivity index (χ2v) is 8.94. The van der Waals surface area contributed by atoms with E-state index in [9.17, 15) is 4.79 Å². The number of aryl methyl sites for hydroxylation is 2. The first-order chi connectivity index (χ1) is 15.9. The molecule has 3 N–H and O–H groups in total. The van der Waals surface area contributed by atoms with Crippen LogP contribution in [-0.4, -0.2) is 33.9 Å². The first-order valence-corrected chi connectivity index (χ1v) is 11.7. The number of carbonyl (C=O) groups excluding carboxylic acids is 1. The third-order valence-electron chi connectivity index (χ3n) is 6.01. The fraction of sp³-hybridized carbons (Fsp3) is 0.360. The summed E-state index contributed by atoms with van der Waals surface area (Å²) in [4.78, 5) is 26.4. The third-order valence-corrected chi connectivity index (χ3v) is 6.27. The number of rotatable bonds is 8. The standard InChI is InChI=1S/C25H29ClN6O/c1-17-9-12-27-21(15-17)32-23-16-22(30-18(2)31-23)28-13-14-29-24(33)25(10-3-4-11-25)19-5-7-20(26)8-6-19/h5-9,12,15-16H,3-4,10-11,13-14H2,1-2H3,(H,29,33)(H2,27,28,30,31,32). The van der Waals surface area contributed by atoms with Crippen LogP contribution in [0.5, 0.6) is 0 Å². The molecule has 33 heavy (non-hydrogen) atoms. The molecule has 0 bridgehead atoms. The molecule has 1 amide bonds. The van der Waals surface area contributed by atoms with Gasteiger partial charge in [0, 0.05) is 30.4 Å². The number of benzene rings is 1. The van der Waals surface area contributed by atoms with Gasteiger partial charge in [0.1, 0.15) is 23.3 Å². The number of nitrogens with one attached hydrogen (secondary N) is 3. The van der Waals surface area contributed by atoms with Gasteiger partial charge in [0.2, 0.25) is 5.91 Å². The van der Waals surface area contributed by atoms with E-state index in [1.54, 1.807) is 6.20 Å². The minimum atomic E-state index is -0.464. The molecule has 0 unspecified atom stereocenters. The maximum absolute atomic E-state index is 13.2. The number of halogens is 1. The van der Waals surface area contributed by atoms with Crippen LogP contribution in [0, 0.1) is 13.8 Å². The van der Waals surface area contributed by atoms with Crippen LogP contribution in [0.25, 0.3) is 0 Å². The van der Waals surface area contributed by atoms with Gasteiger partial charge in [-0.3, -0.25) is 4.79 Å². The van der Waals surface area contributed by atoms with Crippen molar-refractivity contribution >= 4 is 35.0 Å². The minimum absolute atomic E-state index is 0.0795. The summed E-state index contributed by atoms with van der Waals surface area (Å²) in [5.41, 5.74) is 1.70. The Morgan fingerprint density at radius 2 is 1.70 bits per heavy atom. The molecule has 1 aromatic carbocycles. The van der Waals surface area contributed by atoms with Gasteiger partial charge in [-0.1, -0.05) is 36.6 Å². The number of anilines is 3. The third kappa shape index (κ3) is 5.60. The SMILES string of the molecule is Cc1ccnc(Nc2cc(NCCNC(=O)C3(c4ccc(Cl)cc4)CCCC3)nc(C)n2)c1. The average molecular weight is 465 g/mol. The summed E-state index contributed by atoms with van der Waals surface area (Å²) in [6, 6.07) is 13.4. The van der Waals surface area contributed by atoms with Crippen molar-refractivity contribution in [2.45, 2.75) is 44.9 Å². The highest BCUT2D eigenvalue weighted by Gasteiger charge is 2.42. The molecule has 1 aliphatic rings. The highest BCUT2D eigenvalue weighted by molar-refractivity contribution is 6.30. The lowest BCUT2D eigenvalue weighted by Gasteiger charge is -2.28. The highest BCUT2D eigenvalue weighted by atomic mass is 35.5. The maximum Gasteiger partial charge on any atom is 0.230 e. The molecule has 3 aromatic rings. The Balaban J connectivity index is 1.35. The van der Waals surface area contributed by atoms with Gasteiger partial charge in [-0.15, -0.1) is 0 Å². The predicted octanol–water partition coefficient (Wildman–Crippen LogP) is 4.93. The Morgan fingerprint density at radius 1 is 0.970 bits per heavy atom. The van der Waals surface area contributed by atoms with E-state index in [0.717, 1.165) is 42.6 Å². The van der Waals surface area contributed by atoms with Gasteiger partial charge in [-0.2, -0.15) is 0 Å². The molecule has 0 radical (unpaired) electrons. The van der Waals surface area contributed by atoms with Gasteiger partial charge < -0.3 is 16.0 Å². The molecule has 1 saturated carbocycles. The fourth-order valence-electron chi connectivity index (χ4n) is 4.39. The molecule has 0 atom stereocenters. The predicted molar refractivity (Wildman–Crippen MR) is 132 cm³/mol. The molecule has 1 fully saturated rings. The van der Waals surface area contributed by atoms with Crippen molar-refractivity contribution in [1.82, 2.24) is 20.3 Å². The highest BCUT2D eigenvalue weighted by Crippen LogP contribution is 2.41. The normalized spacial score (nSPS) is 14.6. The quantitative estimate of drug-likeness (QED) is 0.409. The van der Waals surface area contributed by atoms with Crippen LogP contribution < -0.4 is 16.0 Å². The van der Waals surface area contributed by atoms with Crippen LogP contribution in [0.1, 0.15) is 42.6 Å². The van der Waals surface area contributed by atoms with Gasteiger partial charge in [-0.25, -0.2) is 15.0 Å². The number of aromatic nitrogens is 3. The van der Waals surface area contributed by atoms with Crippen molar-refractivity contribution in [2.75, 3.05) is 23.7 Å². The fourth-order valence-corrected chi connectivity index (χ4v) is 4.51. The Hall–Kier alpha value is -3.19. The first kappa shape index (κ1) is 23.0. The van der Waals surface area contributed by atoms with Gasteiger partial charge in [0.15, 0.2) is 0 Å². The molecule has 2 heterocycles. The summed E-state index contributed by atoms with van der Waals surface area (Å²) in [6.45, 7) is 4.92. The van der Waals surface area contributed by atoms with Crippen molar-refractivity contribution in [3.05, 3.63) is 70.6 Å². The number of hydrogen-bond donors (Lipinski definition) is 3. The van der Waals surface area contributed by atoms with E-state index in [-0.39, 0.29) is 5.91 Å². The van der Waals surface area contributed by atoms with Crippen molar-refractivity contribution in [3.63, 3.8) is 0 Å². The van der Waals surface area contributed by atoms with E-state index in [1.165, 1.54) is 0 Å². The van der Waals surface area contributed by atoms with Gasteiger partial charge in [0.05, 0.1) is 5.41 Å². The van der Waals surface area contributed by atoms with Crippen molar-refractivity contribution < 1.29 is 4.79 Å². The van der Waals surface area contributed by atoms with E-state index in [2.05, 4.69) is 30.9 Å². The van der Waals surface area contributed by atoms with Crippen LogP contribution in [0.4, 0.5) is 17.5 Å².